The van der Waals surface area contributed by atoms with Crippen molar-refractivity contribution < 1.29 is 4.57 Å². The predicted molar refractivity (Wildman–Crippen MR) is 92.6 cm³/mol. The molecule has 0 saturated heterocycles. The zero-order valence-electron chi connectivity index (χ0n) is 14.4. The molecule has 114 valence electrons. The summed E-state index contributed by atoms with van der Waals surface area (Å²) >= 11 is 0. The smallest absolute Gasteiger partial charge is 0.213 e. The van der Waals surface area contributed by atoms with Gasteiger partial charge in [0.1, 0.15) is 0 Å². The maximum absolute atomic E-state index is 4.34. The zero-order chi connectivity index (χ0) is 16.1. The van der Waals surface area contributed by atoms with Gasteiger partial charge >= 0.3 is 0 Å². The van der Waals surface area contributed by atoms with Crippen molar-refractivity contribution >= 4 is 5.71 Å². The molecule has 1 aliphatic rings. The van der Waals surface area contributed by atoms with E-state index >= 15 is 0 Å². The van der Waals surface area contributed by atoms with Crippen molar-refractivity contribution in [3.63, 3.8) is 0 Å². The molecule has 1 aliphatic heterocycles. The molecular weight excluding hydrogens is 268 g/mol. The number of rotatable bonds is 1. The Labute approximate surface area is 133 Å². The highest BCUT2D eigenvalue weighted by Crippen LogP contribution is 2.45. The summed E-state index contributed by atoms with van der Waals surface area (Å²) in [5.74, 6) is 0. The first-order valence-electron chi connectivity index (χ1n) is 7.90. The second-order valence-electron chi connectivity index (χ2n) is 7.21. The summed E-state index contributed by atoms with van der Waals surface area (Å²) in [6, 6.07) is 13.3. The van der Waals surface area contributed by atoms with Crippen LogP contribution in [-0.2, 0) is 11.0 Å². The second-order valence-corrected chi connectivity index (χ2v) is 7.21. The van der Waals surface area contributed by atoms with Gasteiger partial charge in [0.15, 0.2) is 11.7 Å². The Morgan fingerprint density at radius 3 is 2.45 bits per heavy atom. The number of benzene rings is 1. The molecule has 0 spiro atoms. The molecule has 0 amide bonds. The summed E-state index contributed by atoms with van der Waals surface area (Å²) in [5, 5.41) is 0. The van der Waals surface area contributed by atoms with Crippen LogP contribution in [0.2, 0.25) is 0 Å². The number of hydrogen-bond acceptors (Lipinski definition) is 1. The minimum Gasteiger partial charge on any atom is -0.293 e. The second kappa shape index (κ2) is 4.77. The minimum atomic E-state index is 0.0198. The Kier molecular flexibility index (Phi) is 3.24. The molecule has 2 aromatic rings. The Hall–Kier alpha value is -1.96. The van der Waals surface area contributed by atoms with Gasteiger partial charge in [0.2, 0.25) is 5.69 Å². The fourth-order valence-electron chi connectivity index (χ4n) is 3.44. The summed E-state index contributed by atoms with van der Waals surface area (Å²) in [5.41, 5.74) is 6.37. The van der Waals surface area contributed by atoms with Gasteiger partial charge in [-0.15, -0.1) is 0 Å². The molecule has 0 N–H and O–H groups in total. The Morgan fingerprint density at radius 2 is 1.77 bits per heavy atom. The van der Waals surface area contributed by atoms with E-state index in [2.05, 4.69) is 86.8 Å². The number of aromatic nitrogens is 1. The van der Waals surface area contributed by atoms with Crippen LogP contribution in [0.5, 0.6) is 0 Å². The van der Waals surface area contributed by atoms with Crippen LogP contribution < -0.4 is 4.57 Å². The molecule has 3 rings (SSSR count). The third-order valence-electron chi connectivity index (χ3n) is 5.71. The minimum absolute atomic E-state index is 0.0198. The van der Waals surface area contributed by atoms with Crippen LogP contribution in [-0.4, -0.2) is 12.8 Å². The molecule has 1 aromatic heterocycles. The summed E-state index contributed by atoms with van der Waals surface area (Å²) in [6.07, 6.45) is 2.20. The van der Waals surface area contributed by atoms with Crippen LogP contribution in [0, 0.1) is 0 Å². The van der Waals surface area contributed by atoms with E-state index in [1.165, 1.54) is 22.4 Å². The lowest BCUT2D eigenvalue weighted by atomic mass is 9.65. The number of aliphatic imine (C=N–C) groups is 1. The van der Waals surface area contributed by atoms with Crippen molar-refractivity contribution in [1.29, 1.82) is 0 Å². The highest BCUT2D eigenvalue weighted by Gasteiger charge is 2.52. The quantitative estimate of drug-likeness (QED) is 0.556. The SMILES string of the molecule is CN=C(C)c1ccc2c(c1)-c1cccc[n+]1C(C)(C)C2(C)C. The van der Waals surface area contributed by atoms with E-state index in [1.54, 1.807) is 0 Å². The van der Waals surface area contributed by atoms with Gasteiger partial charge in [0, 0.05) is 38.7 Å². The average Bonchev–Trinajstić information content (AvgIpc) is 2.52. The van der Waals surface area contributed by atoms with E-state index in [-0.39, 0.29) is 11.0 Å². The van der Waals surface area contributed by atoms with Crippen LogP contribution in [0.15, 0.2) is 47.6 Å². The topological polar surface area (TPSA) is 16.2 Å². The highest BCUT2D eigenvalue weighted by atomic mass is 15.1. The maximum Gasteiger partial charge on any atom is 0.213 e. The molecule has 2 nitrogen and oxygen atoms in total. The number of fused-ring (bicyclic) bond motifs is 3. The van der Waals surface area contributed by atoms with Crippen LogP contribution >= 0.6 is 0 Å². The first kappa shape index (κ1) is 15.0. The van der Waals surface area contributed by atoms with Crippen molar-refractivity contribution in [2.24, 2.45) is 4.99 Å². The average molecular weight is 293 g/mol. The van der Waals surface area contributed by atoms with Gasteiger partial charge in [-0.25, -0.2) is 0 Å². The summed E-state index contributed by atoms with van der Waals surface area (Å²) in [7, 11) is 1.85. The van der Waals surface area contributed by atoms with Gasteiger partial charge < -0.3 is 0 Å². The number of pyridine rings is 1. The van der Waals surface area contributed by atoms with Crippen molar-refractivity contribution in [3.8, 4) is 11.3 Å². The zero-order valence-corrected chi connectivity index (χ0v) is 14.4. The van der Waals surface area contributed by atoms with Crippen molar-refractivity contribution in [2.45, 2.75) is 45.6 Å². The highest BCUT2D eigenvalue weighted by molar-refractivity contribution is 5.99. The van der Waals surface area contributed by atoms with Gasteiger partial charge in [0.05, 0.1) is 11.0 Å². The first-order chi connectivity index (χ1) is 10.3. The third kappa shape index (κ3) is 1.86. The monoisotopic (exact) mass is 293 g/mol. The summed E-state index contributed by atoms with van der Waals surface area (Å²) in [4.78, 5) is 4.34. The first-order valence-corrected chi connectivity index (χ1v) is 7.90. The summed E-state index contributed by atoms with van der Waals surface area (Å²) < 4.78 is 2.41. The van der Waals surface area contributed by atoms with Crippen molar-refractivity contribution in [2.75, 3.05) is 7.05 Å². The molecule has 2 heteroatoms. The van der Waals surface area contributed by atoms with Gasteiger partial charge in [0.25, 0.3) is 0 Å². The van der Waals surface area contributed by atoms with Gasteiger partial charge in [-0.05, 0) is 44.0 Å². The lowest BCUT2D eigenvalue weighted by Gasteiger charge is -2.42. The number of nitrogens with zero attached hydrogens (tertiary/aromatic N) is 2. The van der Waals surface area contributed by atoms with E-state index in [4.69, 9.17) is 0 Å². The van der Waals surface area contributed by atoms with Crippen LogP contribution in [0.1, 0.15) is 45.7 Å². The molecule has 0 unspecified atom stereocenters. The van der Waals surface area contributed by atoms with Crippen LogP contribution in [0.25, 0.3) is 11.3 Å². The van der Waals surface area contributed by atoms with E-state index in [9.17, 15) is 0 Å². The van der Waals surface area contributed by atoms with Crippen LogP contribution in [0.4, 0.5) is 0 Å². The molecule has 0 radical (unpaired) electrons. The maximum atomic E-state index is 4.34. The van der Waals surface area contributed by atoms with E-state index in [0.29, 0.717) is 0 Å². The molecular formula is C20H25N2+. The summed E-state index contributed by atoms with van der Waals surface area (Å²) in [6.45, 7) is 11.4. The fourth-order valence-corrected chi connectivity index (χ4v) is 3.44. The van der Waals surface area contributed by atoms with Crippen LogP contribution in [0.3, 0.4) is 0 Å². The lowest BCUT2D eigenvalue weighted by Crippen LogP contribution is -2.65. The van der Waals surface area contributed by atoms with E-state index < -0.39 is 0 Å². The predicted octanol–water partition coefficient (Wildman–Crippen LogP) is 4.11. The van der Waals surface area contributed by atoms with Crippen molar-refractivity contribution in [3.05, 3.63) is 53.7 Å². The standard InChI is InChI=1S/C20H25N2/c1-14(21-6)15-10-11-17-16(13-15)18-9-7-8-12-22(18)20(4,5)19(17,2)3/h7-13H,1-6H3/q+1. The molecule has 0 fully saturated rings. The molecule has 0 aliphatic carbocycles. The Balaban J connectivity index is 2.36. The van der Waals surface area contributed by atoms with Crippen molar-refractivity contribution in [1.82, 2.24) is 0 Å². The van der Waals surface area contributed by atoms with E-state index in [1.807, 2.05) is 7.05 Å². The molecule has 0 atom stereocenters. The van der Waals surface area contributed by atoms with Gasteiger partial charge in [-0.3, -0.25) is 4.99 Å². The van der Waals surface area contributed by atoms with Gasteiger partial charge in [-0.1, -0.05) is 12.1 Å². The van der Waals surface area contributed by atoms with Gasteiger partial charge in [-0.2, -0.15) is 4.57 Å². The largest absolute Gasteiger partial charge is 0.293 e. The molecule has 0 saturated carbocycles. The Morgan fingerprint density at radius 1 is 1.05 bits per heavy atom. The third-order valence-corrected chi connectivity index (χ3v) is 5.71. The molecule has 0 bridgehead atoms. The number of hydrogen-bond donors (Lipinski definition) is 0. The normalized spacial score (nSPS) is 18.5. The molecule has 1 aromatic carbocycles. The lowest BCUT2D eigenvalue weighted by molar-refractivity contribution is -0.760. The van der Waals surface area contributed by atoms with E-state index in [0.717, 1.165) is 5.71 Å². The molecule has 2 heterocycles. The molecule has 22 heavy (non-hydrogen) atoms. The Bertz CT molecular complexity index is 767. The fraction of sp³-hybridized carbons (Fsp3) is 0.400.